The largest absolute Gasteiger partial charge is 0.384 e. The summed E-state index contributed by atoms with van der Waals surface area (Å²) in [5.41, 5.74) is 5.74. The molecule has 0 unspecified atom stereocenters. The third-order valence-electron chi connectivity index (χ3n) is 3.33. The average Bonchev–Trinajstić information content (AvgIpc) is 2.89. The minimum atomic E-state index is -0.471. The van der Waals surface area contributed by atoms with Gasteiger partial charge >= 0.3 is 0 Å². The van der Waals surface area contributed by atoms with E-state index in [0.29, 0.717) is 0 Å². The van der Waals surface area contributed by atoms with Crippen molar-refractivity contribution in [3.8, 4) is 0 Å². The number of rotatable bonds is 1. The first-order valence-corrected chi connectivity index (χ1v) is 7.82. The maximum atomic E-state index is 10.0. The molecular weight excluding hydrogens is 256 g/mol. The molecule has 2 aromatic carbocycles. The maximum absolute atomic E-state index is 10.0. The van der Waals surface area contributed by atoms with Crippen LogP contribution in [0.15, 0.2) is 54.6 Å². The Labute approximate surface area is 129 Å². The second kappa shape index (κ2) is 8.43. The van der Waals surface area contributed by atoms with Crippen LogP contribution in [0, 0.1) is 6.92 Å². The molecule has 0 saturated heterocycles. The van der Waals surface area contributed by atoms with Gasteiger partial charge in [-0.2, -0.15) is 0 Å². The Morgan fingerprint density at radius 1 is 0.762 bits per heavy atom. The minimum Gasteiger partial charge on any atom is -0.384 e. The van der Waals surface area contributed by atoms with Crippen molar-refractivity contribution in [3.05, 3.63) is 76.9 Å². The summed E-state index contributed by atoms with van der Waals surface area (Å²) in [4.78, 5) is 0. The lowest BCUT2D eigenvalue weighted by atomic mass is 9.96. The van der Waals surface area contributed by atoms with E-state index in [1.807, 2.05) is 64.1 Å². The van der Waals surface area contributed by atoms with Gasteiger partial charge in [0, 0.05) is 0 Å². The highest BCUT2D eigenvalue weighted by Gasteiger charge is 2.22. The van der Waals surface area contributed by atoms with E-state index in [9.17, 15) is 5.11 Å². The van der Waals surface area contributed by atoms with E-state index in [1.54, 1.807) is 0 Å². The van der Waals surface area contributed by atoms with Gasteiger partial charge in [0.2, 0.25) is 0 Å². The zero-order valence-corrected chi connectivity index (χ0v) is 13.7. The van der Waals surface area contributed by atoms with Crippen LogP contribution in [0.4, 0.5) is 0 Å². The lowest BCUT2D eigenvalue weighted by Crippen LogP contribution is -1.90. The first-order valence-electron chi connectivity index (χ1n) is 7.82. The maximum Gasteiger partial charge on any atom is 0.0986 e. The van der Waals surface area contributed by atoms with Gasteiger partial charge in [-0.15, -0.1) is 0 Å². The third kappa shape index (κ3) is 3.62. The first kappa shape index (κ1) is 17.2. The Balaban J connectivity index is 0.000000510. The fraction of sp³-hybridized carbons (Fsp3) is 0.300. The lowest BCUT2D eigenvalue weighted by molar-refractivity contribution is 0.232. The molecule has 0 saturated carbocycles. The van der Waals surface area contributed by atoms with Crippen LogP contribution in [-0.2, 0) is 0 Å². The van der Waals surface area contributed by atoms with Crippen molar-refractivity contribution < 1.29 is 5.11 Å². The average molecular weight is 282 g/mol. The molecular formula is C20H26O. The highest BCUT2D eigenvalue weighted by molar-refractivity contribution is 5.86. The van der Waals surface area contributed by atoms with Gasteiger partial charge in [-0.1, -0.05) is 76.2 Å². The van der Waals surface area contributed by atoms with E-state index in [2.05, 4.69) is 25.1 Å². The molecule has 0 spiro atoms. The van der Waals surface area contributed by atoms with Crippen molar-refractivity contribution in [2.75, 3.05) is 0 Å². The number of hydrogen-bond donors (Lipinski definition) is 1. The monoisotopic (exact) mass is 282 g/mol. The van der Waals surface area contributed by atoms with Crippen LogP contribution in [-0.4, -0.2) is 5.11 Å². The van der Waals surface area contributed by atoms with E-state index in [-0.39, 0.29) is 0 Å². The molecule has 0 aliphatic heterocycles. The smallest absolute Gasteiger partial charge is 0.0986 e. The summed E-state index contributed by atoms with van der Waals surface area (Å²) in [6.45, 7) is 10.1. The molecule has 21 heavy (non-hydrogen) atoms. The fourth-order valence-electron chi connectivity index (χ4n) is 2.45. The molecule has 1 N–H and O–H groups in total. The van der Waals surface area contributed by atoms with Crippen molar-refractivity contribution in [3.63, 3.8) is 0 Å². The Hall–Kier alpha value is -1.86. The summed E-state index contributed by atoms with van der Waals surface area (Å²) in [6, 6.07) is 16.3. The highest BCUT2D eigenvalue weighted by Crippen LogP contribution is 2.38. The zero-order chi connectivity index (χ0) is 15.8. The van der Waals surface area contributed by atoms with Gasteiger partial charge in [0.05, 0.1) is 6.10 Å². The van der Waals surface area contributed by atoms with E-state index in [4.69, 9.17) is 0 Å². The van der Waals surface area contributed by atoms with E-state index < -0.39 is 6.10 Å². The third-order valence-corrected chi connectivity index (χ3v) is 3.33. The molecule has 3 rings (SSSR count). The summed E-state index contributed by atoms with van der Waals surface area (Å²) >= 11 is 0. The number of fused-ring (bicyclic) bond motifs is 1. The van der Waals surface area contributed by atoms with Crippen LogP contribution in [0.3, 0.4) is 0 Å². The molecule has 0 heterocycles. The molecule has 1 atom stereocenters. The molecule has 112 valence electrons. The predicted octanol–water partition coefficient (Wildman–Crippen LogP) is 5.53. The summed E-state index contributed by atoms with van der Waals surface area (Å²) in [5, 5.41) is 10.0. The highest BCUT2D eigenvalue weighted by atomic mass is 16.3. The molecule has 1 nitrogen and oxygen atoms in total. The van der Waals surface area contributed by atoms with E-state index >= 15 is 0 Å². The quantitative estimate of drug-likeness (QED) is 0.729. The van der Waals surface area contributed by atoms with E-state index in [0.717, 1.165) is 16.7 Å². The first-order chi connectivity index (χ1) is 10.3. The normalized spacial score (nSPS) is 15.0. The number of aliphatic hydroxyl groups excluding tert-OH is 1. The standard InChI is InChI=1S/C16H14O.2C2H6/c1-11-6-2-3-7-12(11)15-10-16(17)14-9-5-4-8-13(14)15;2*1-2/h2-10,16-17H,1H3;2*1-2H3/t16-;;/m1../s1. The van der Waals surface area contributed by atoms with Gasteiger partial charge in [0.1, 0.15) is 0 Å². The van der Waals surface area contributed by atoms with Crippen LogP contribution < -0.4 is 0 Å². The second-order valence-corrected chi connectivity index (χ2v) is 4.43. The Kier molecular flexibility index (Phi) is 6.90. The van der Waals surface area contributed by atoms with Crippen molar-refractivity contribution in [2.24, 2.45) is 0 Å². The summed E-state index contributed by atoms with van der Waals surface area (Å²) in [5.74, 6) is 0. The van der Waals surface area contributed by atoms with Crippen molar-refractivity contribution in [1.82, 2.24) is 0 Å². The molecule has 0 fully saturated rings. The van der Waals surface area contributed by atoms with Crippen LogP contribution in [0.2, 0.25) is 0 Å². The molecule has 0 aromatic heterocycles. The molecule has 0 bridgehead atoms. The van der Waals surface area contributed by atoms with Crippen LogP contribution in [0.5, 0.6) is 0 Å². The SMILES string of the molecule is CC.CC.Cc1ccccc1C1=C[C@@H](O)c2ccccc21. The number of aryl methyl sites for hydroxylation is 1. The van der Waals surface area contributed by atoms with Gasteiger partial charge in [-0.25, -0.2) is 0 Å². The molecule has 2 aromatic rings. The van der Waals surface area contributed by atoms with Gasteiger partial charge in [0.25, 0.3) is 0 Å². The topological polar surface area (TPSA) is 20.2 Å². The van der Waals surface area contributed by atoms with Crippen molar-refractivity contribution in [2.45, 2.75) is 40.7 Å². The van der Waals surface area contributed by atoms with Gasteiger partial charge in [0.15, 0.2) is 0 Å². The summed E-state index contributed by atoms with van der Waals surface area (Å²) in [7, 11) is 0. The van der Waals surface area contributed by atoms with Gasteiger partial charge < -0.3 is 5.11 Å². The van der Waals surface area contributed by atoms with Gasteiger partial charge in [-0.05, 0) is 40.8 Å². The molecule has 0 amide bonds. The van der Waals surface area contributed by atoms with Crippen LogP contribution in [0.25, 0.3) is 5.57 Å². The molecule has 1 aliphatic rings. The van der Waals surface area contributed by atoms with Crippen LogP contribution in [0.1, 0.15) is 56.1 Å². The predicted molar refractivity (Wildman–Crippen MR) is 92.4 cm³/mol. The number of hydrogen-bond acceptors (Lipinski definition) is 1. The lowest BCUT2D eigenvalue weighted by Gasteiger charge is -2.08. The number of benzene rings is 2. The Morgan fingerprint density at radius 3 is 1.90 bits per heavy atom. The van der Waals surface area contributed by atoms with Crippen molar-refractivity contribution >= 4 is 5.57 Å². The number of aliphatic hydroxyl groups is 1. The van der Waals surface area contributed by atoms with E-state index in [1.165, 1.54) is 11.1 Å². The Bertz CT molecular complexity index is 596. The molecule has 0 radical (unpaired) electrons. The van der Waals surface area contributed by atoms with Crippen molar-refractivity contribution in [1.29, 1.82) is 0 Å². The second-order valence-electron chi connectivity index (χ2n) is 4.43. The Morgan fingerprint density at radius 2 is 1.29 bits per heavy atom. The van der Waals surface area contributed by atoms with Gasteiger partial charge in [-0.3, -0.25) is 0 Å². The summed E-state index contributed by atoms with van der Waals surface area (Å²) < 4.78 is 0. The minimum absolute atomic E-state index is 0.471. The zero-order valence-electron chi connectivity index (χ0n) is 13.7. The molecule has 1 heteroatoms. The fourth-order valence-corrected chi connectivity index (χ4v) is 2.45. The van der Waals surface area contributed by atoms with Crippen LogP contribution >= 0.6 is 0 Å². The molecule has 1 aliphatic carbocycles. The summed E-state index contributed by atoms with van der Waals surface area (Å²) in [6.07, 6.45) is 1.47.